The van der Waals surface area contributed by atoms with Crippen molar-refractivity contribution in [1.82, 2.24) is 0 Å². The maximum Gasteiger partial charge on any atom is 0.140 e. The second kappa shape index (κ2) is 6.96. The molecule has 1 saturated carbocycles. The first kappa shape index (κ1) is 14.4. The van der Waals surface area contributed by atoms with Crippen LogP contribution in [0.25, 0.3) is 0 Å². The highest BCUT2D eigenvalue weighted by Crippen LogP contribution is 2.40. The Bertz CT molecular complexity index is 489. The predicted molar refractivity (Wildman–Crippen MR) is 77.0 cm³/mol. The smallest absolute Gasteiger partial charge is 0.140 e. The van der Waals surface area contributed by atoms with Crippen LogP contribution in [-0.4, -0.2) is 7.11 Å². The molecule has 0 radical (unpaired) electrons. The zero-order valence-electron chi connectivity index (χ0n) is 11.9. The summed E-state index contributed by atoms with van der Waals surface area (Å²) in [4.78, 5) is 0. The second-order valence-corrected chi connectivity index (χ2v) is 5.43. The van der Waals surface area contributed by atoms with E-state index in [1.54, 1.807) is 7.11 Å². The Labute approximate surface area is 120 Å². The lowest BCUT2D eigenvalue weighted by atomic mass is 9.71. The molecule has 3 nitrogen and oxygen atoms in total. The van der Waals surface area contributed by atoms with Gasteiger partial charge in [0.1, 0.15) is 11.7 Å². The van der Waals surface area contributed by atoms with E-state index >= 15 is 0 Å². The molecule has 0 N–H and O–H groups in total. The van der Waals surface area contributed by atoms with Crippen molar-refractivity contribution in [3.63, 3.8) is 0 Å². The zero-order valence-corrected chi connectivity index (χ0v) is 11.9. The number of ether oxygens (including phenoxy) is 1. The Hall–Kier alpha value is -2.00. The minimum atomic E-state index is -0.563. The van der Waals surface area contributed by atoms with Crippen molar-refractivity contribution in [2.75, 3.05) is 7.11 Å². The van der Waals surface area contributed by atoms with Gasteiger partial charge in [-0.05, 0) is 36.5 Å². The van der Waals surface area contributed by atoms with Crippen molar-refractivity contribution in [3.8, 4) is 17.9 Å². The average molecular weight is 268 g/mol. The van der Waals surface area contributed by atoms with E-state index < -0.39 is 5.92 Å². The van der Waals surface area contributed by atoms with Crippen molar-refractivity contribution < 1.29 is 4.74 Å². The summed E-state index contributed by atoms with van der Waals surface area (Å²) in [6.45, 7) is 0. The third-order valence-corrected chi connectivity index (χ3v) is 4.30. The minimum absolute atomic E-state index is 0.0243. The molecule has 0 amide bonds. The molecule has 1 unspecified atom stereocenters. The summed E-state index contributed by atoms with van der Waals surface area (Å²) in [5.41, 5.74) is 1.09. The Morgan fingerprint density at radius 3 is 2.15 bits per heavy atom. The molecule has 0 bridgehead atoms. The van der Waals surface area contributed by atoms with Crippen LogP contribution in [0.1, 0.15) is 43.6 Å². The topological polar surface area (TPSA) is 56.8 Å². The normalized spacial score (nSPS) is 17.2. The standard InChI is InChI=1S/C17H20N2O/c1-20-16-9-7-14(8-10-16)17(15(11-18)12-19)13-5-3-2-4-6-13/h7-10,13,15,17H,2-6H2,1H3. The molecule has 1 aromatic carbocycles. The maximum atomic E-state index is 9.29. The number of rotatable bonds is 4. The fourth-order valence-corrected chi connectivity index (χ4v) is 3.25. The van der Waals surface area contributed by atoms with Crippen LogP contribution in [0.3, 0.4) is 0 Å². The minimum Gasteiger partial charge on any atom is -0.497 e. The molecule has 3 heteroatoms. The molecule has 0 spiro atoms. The molecule has 104 valence electrons. The quantitative estimate of drug-likeness (QED) is 0.828. The Kier molecular flexibility index (Phi) is 5.02. The third kappa shape index (κ3) is 3.11. The van der Waals surface area contributed by atoms with Crippen molar-refractivity contribution in [2.45, 2.75) is 38.0 Å². The first-order valence-electron chi connectivity index (χ1n) is 7.23. The van der Waals surface area contributed by atoms with E-state index in [0.717, 1.165) is 24.2 Å². The largest absolute Gasteiger partial charge is 0.497 e. The Morgan fingerprint density at radius 2 is 1.65 bits per heavy atom. The Balaban J connectivity index is 2.29. The van der Waals surface area contributed by atoms with Crippen LogP contribution < -0.4 is 4.74 Å². The molecular formula is C17H20N2O. The molecule has 2 rings (SSSR count). The summed E-state index contributed by atoms with van der Waals surface area (Å²) < 4.78 is 5.18. The van der Waals surface area contributed by atoms with Crippen LogP contribution in [0.4, 0.5) is 0 Å². The fraction of sp³-hybridized carbons (Fsp3) is 0.529. The van der Waals surface area contributed by atoms with E-state index in [1.165, 1.54) is 19.3 Å². The summed E-state index contributed by atoms with van der Waals surface area (Å²) >= 11 is 0. The SMILES string of the molecule is COc1ccc(C(C(C#N)C#N)C2CCCCC2)cc1. The van der Waals surface area contributed by atoms with E-state index in [4.69, 9.17) is 4.74 Å². The lowest BCUT2D eigenvalue weighted by Gasteiger charge is -2.31. The molecular weight excluding hydrogens is 248 g/mol. The van der Waals surface area contributed by atoms with Crippen LogP contribution in [0.5, 0.6) is 5.75 Å². The van der Waals surface area contributed by atoms with Crippen LogP contribution >= 0.6 is 0 Å². The van der Waals surface area contributed by atoms with Gasteiger partial charge in [0.15, 0.2) is 0 Å². The monoisotopic (exact) mass is 268 g/mol. The van der Waals surface area contributed by atoms with Crippen LogP contribution in [0.2, 0.25) is 0 Å². The highest BCUT2D eigenvalue weighted by molar-refractivity contribution is 5.32. The van der Waals surface area contributed by atoms with Gasteiger partial charge in [-0.1, -0.05) is 31.4 Å². The lowest BCUT2D eigenvalue weighted by molar-refractivity contribution is 0.286. The van der Waals surface area contributed by atoms with Crippen LogP contribution in [0, 0.1) is 34.5 Å². The van der Waals surface area contributed by atoms with Gasteiger partial charge in [-0.2, -0.15) is 10.5 Å². The molecule has 1 atom stereocenters. The van der Waals surface area contributed by atoms with E-state index in [0.29, 0.717) is 5.92 Å². The average Bonchev–Trinajstić information content (AvgIpc) is 2.53. The molecule has 0 aromatic heterocycles. The molecule has 1 aromatic rings. The number of hydrogen-bond donors (Lipinski definition) is 0. The highest BCUT2D eigenvalue weighted by Gasteiger charge is 2.32. The number of benzene rings is 1. The predicted octanol–water partition coefficient (Wildman–Crippen LogP) is 4.02. The van der Waals surface area contributed by atoms with Crippen LogP contribution in [-0.2, 0) is 0 Å². The van der Waals surface area contributed by atoms with E-state index in [1.807, 2.05) is 24.3 Å². The second-order valence-electron chi connectivity index (χ2n) is 5.43. The highest BCUT2D eigenvalue weighted by atomic mass is 16.5. The van der Waals surface area contributed by atoms with Gasteiger partial charge in [0.05, 0.1) is 19.2 Å². The van der Waals surface area contributed by atoms with Gasteiger partial charge in [0.25, 0.3) is 0 Å². The van der Waals surface area contributed by atoms with E-state index in [2.05, 4.69) is 12.1 Å². The van der Waals surface area contributed by atoms with Crippen molar-refractivity contribution in [2.24, 2.45) is 11.8 Å². The van der Waals surface area contributed by atoms with Crippen molar-refractivity contribution in [1.29, 1.82) is 10.5 Å². The first-order valence-corrected chi connectivity index (χ1v) is 7.23. The lowest BCUT2D eigenvalue weighted by Crippen LogP contribution is -2.22. The summed E-state index contributed by atoms with van der Waals surface area (Å²) in [5.74, 6) is 0.714. The van der Waals surface area contributed by atoms with Gasteiger partial charge in [-0.25, -0.2) is 0 Å². The van der Waals surface area contributed by atoms with Gasteiger partial charge in [-0.3, -0.25) is 0 Å². The van der Waals surface area contributed by atoms with Gasteiger partial charge in [0, 0.05) is 5.92 Å². The van der Waals surface area contributed by atoms with Gasteiger partial charge in [0.2, 0.25) is 0 Å². The molecule has 20 heavy (non-hydrogen) atoms. The summed E-state index contributed by atoms with van der Waals surface area (Å²) in [6.07, 6.45) is 5.94. The molecule has 1 aliphatic carbocycles. The molecule has 0 aliphatic heterocycles. The number of hydrogen-bond acceptors (Lipinski definition) is 3. The van der Waals surface area contributed by atoms with Crippen LogP contribution in [0.15, 0.2) is 24.3 Å². The third-order valence-electron chi connectivity index (χ3n) is 4.30. The molecule has 0 saturated heterocycles. The summed E-state index contributed by atoms with van der Waals surface area (Å²) in [6, 6.07) is 12.2. The van der Waals surface area contributed by atoms with Gasteiger partial charge >= 0.3 is 0 Å². The van der Waals surface area contributed by atoms with Gasteiger partial charge < -0.3 is 4.74 Å². The van der Waals surface area contributed by atoms with E-state index in [-0.39, 0.29) is 5.92 Å². The fourth-order valence-electron chi connectivity index (χ4n) is 3.25. The number of nitrogens with zero attached hydrogens (tertiary/aromatic N) is 2. The summed E-state index contributed by atoms with van der Waals surface area (Å²) in [5, 5.41) is 18.6. The van der Waals surface area contributed by atoms with Crippen molar-refractivity contribution >= 4 is 0 Å². The maximum absolute atomic E-state index is 9.29. The summed E-state index contributed by atoms with van der Waals surface area (Å²) in [7, 11) is 1.64. The number of nitriles is 2. The van der Waals surface area contributed by atoms with E-state index in [9.17, 15) is 10.5 Å². The molecule has 0 heterocycles. The van der Waals surface area contributed by atoms with Crippen molar-refractivity contribution in [3.05, 3.63) is 29.8 Å². The number of methoxy groups -OCH3 is 1. The first-order chi connectivity index (χ1) is 9.80. The zero-order chi connectivity index (χ0) is 14.4. The molecule has 1 fully saturated rings. The Morgan fingerprint density at radius 1 is 1.05 bits per heavy atom. The van der Waals surface area contributed by atoms with Gasteiger partial charge in [-0.15, -0.1) is 0 Å². The molecule has 1 aliphatic rings.